The monoisotopic (exact) mass is 395 g/mol. The molecule has 4 rings (SSSR count). The van der Waals surface area contributed by atoms with Gasteiger partial charge in [0.05, 0.1) is 0 Å². The van der Waals surface area contributed by atoms with Crippen molar-refractivity contribution in [2.75, 3.05) is 41.7 Å². The third kappa shape index (κ3) is 3.97. The van der Waals surface area contributed by atoms with Gasteiger partial charge in [0.25, 0.3) is 0 Å². The highest BCUT2D eigenvalue weighted by Gasteiger charge is 2.22. The van der Waals surface area contributed by atoms with Gasteiger partial charge in [0.2, 0.25) is 5.88 Å². The highest BCUT2D eigenvalue weighted by Crippen LogP contribution is 2.32. The smallest absolute Gasteiger partial charge is 0.248 e. The maximum Gasteiger partial charge on any atom is 0.248 e. The third-order valence-corrected chi connectivity index (χ3v) is 5.05. The first kappa shape index (κ1) is 18.4. The van der Waals surface area contributed by atoms with Crippen molar-refractivity contribution in [3.63, 3.8) is 0 Å². The number of benzene rings is 2. The molecule has 0 amide bonds. The van der Waals surface area contributed by atoms with E-state index in [1.807, 2.05) is 49.4 Å². The van der Waals surface area contributed by atoms with Crippen molar-refractivity contribution < 1.29 is 4.74 Å². The lowest BCUT2D eigenvalue weighted by Gasteiger charge is -2.37. The number of aryl methyl sites for hydroxylation is 1. The van der Waals surface area contributed by atoms with E-state index < -0.39 is 0 Å². The summed E-state index contributed by atoms with van der Waals surface area (Å²) in [5, 5.41) is 0.748. The van der Waals surface area contributed by atoms with Crippen LogP contribution in [-0.2, 0) is 0 Å². The summed E-state index contributed by atoms with van der Waals surface area (Å²) in [5.74, 6) is 1.79. The van der Waals surface area contributed by atoms with Crippen molar-refractivity contribution in [1.82, 2.24) is 9.97 Å². The third-order valence-electron chi connectivity index (χ3n) is 4.81. The summed E-state index contributed by atoms with van der Waals surface area (Å²) in [6, 6.07) is 15.7. The molecular weight excluding hydrogens is 374 g/mol. The summed E-state index contributed by atoms with van der Waals surface area (Å²) in [7, 11) is 0. The maximum absolute atomic E-state index is 6.33. The number of hydrogen-bond acceptors (Lipinski definition) is 6. The van der Waals surface area contributed by atoms with Crippen LogP contribution in [-0.4, -0.2) is 36.1 Å². The lowest BCUT2D eigenvalue weighted by molar-refractivity contribution is 0.463. The minimum Gasteiger partial charge on any atom is -0.437 e. The molecule has 1 aromatic heterocycles. The largest absolute Gasteiger partial charge is 0.437 e. The van der Waals surface area contributed by atoms with Gasteiger partial charge in [-0.3, -0.25) is 0 Å². The van der Waals surface area contributed by atoms with Gasteiger partial charge < -0.3 is 20.3 Å². The molecule has 7 heteroatoms. The molecule has 0 aliphatic carbocycles. The molecule has 6 nitrogen and oxygen atoms in total. The lowest BCUT2D eigenvalue weighted by atomic mass is 10.2. The van der Waals surface area contributed by atoms with E-state index in [4.69, 9.17) is 22.1 Å². The molecule has 2 N–H and O–H groups in total. The number of ether oxygens (including phenoxy) is 1. The zero-order chi connectivity index (χ0) is 19.5. The minimum atomic E-state index is 0.381. The first-order valence-corrected chi connectivity index (χ1v) is 9.58. The van der Waals surface area contributed by atoms with Gasteiger partial charge in [-0.25, -0.2) is 4.98 Å². The lowest BCUT2D eigenvalue weighted by Crippen LogP contribution is -2.47. The number of hydrogen-bond donors (Lipinski definition) is 1. The number of piperazine rings is 1. The van der Waals surface area contributed by atoms with Gasteiger partial charge in [-0.05, 0) is 37.3 Å². The zero-order valence-electron chi connectivity index (χ0n) is 15.7. The van der Waals surface area contributed by atoms with Crippen LogP contribution in [0.2, 0.25) is 5.02 Å². The molecule has 1 saturated heterocycles. The van der Waals surface area contributed by atoms with E-state index in [2.05, 4.69) is 25.8 Å². The van der Waals surface area contributed by atoms with Crippen LogP contribution >= 0.6 is 11.6 Å². The SMILES string of the molecule is Cc1ccc(Oc2ncnc(N3CCN(c4cccc(Cl)c4)CC3)c2N)cc1. The van der Waals surface area contributed by atoms with Crippen LogP contribution in [0.15, 0.2) is 54.9 Å². The Kier molecular flexibility index (Phi) is 5.21. The number of nitrogens with two attached hydrogens (primary N) is 1. The molecular formula is C21H22ClN5O. The molecule has 28 heavy (non-hydrogen) atoms. The minimum absolute atomic E-state index is 0.381. The van der Waals surface area contributed by atoms with Crippen LogP contribution in [0.25, 0.3) is 0 Å². The van der Waals surface area contributed by atoms with Crippen LogP contribution in [0.4, 0.5) is 17.2 Å². The van der Waals surface area contributed by atoms with Gasteiger partial charge in [-0.1, -0.05) is 35.4 Å². The Bertz CT molecular complexity index is 955. The molecule has 0 unspecified atom stereocenters. The first-order chi connectivity index (χ1) is 13.6. The summed E-state index contributed by atoms with van der Waals surface area (Å²) >= 11 is 6.12. The summed E-state index contributed by atoms with van der Waals surface area (Å²) in [6.45, 7) is 5.36. The molecule has 2 heterocycles. The zero-order valence-corrected chi connectivity index (χ0v) is 16.4. The molecule has 0 bridgehead atoms. The highest BCUT2D eigenvalue weighted by atomic mass is 35.5. The molecule has 0 atom stereocenters. The summed E-state index contributed by atoms with van der Waals surface area (Å²) in [5.41, 5.74) is 9.09. The van der Waals surface area contributed by atoms with Crippen molar-refractivity contribution in [3.8, 4) is 11.6 Å². The Hall–Kier alpha value is -2.99. The predicted octanol–water partition coefficient (Wildman–Crippen LogP) is 4.14. The average Bonchev–Trinajstić information content (AvgIpc) is 2.71. The summed E-state index contributed by atoms with van der Waals surface area (Å²) in [4.78, 5) is 13.1. The van der Waals surface area contributed by atoms with E-state index in [9.17, 15) is 0 Å². The molecule has 1 fully saturated rings. The maximum atomic E-state index is 6.33. The predicted molar refractivity (Wildman–Crippen MR) is 114 cm³/mol. The van der Waals surface area contributed by atoms with Crippen LogP contribution in [0.1, 0.15) is 5.56 Å². The van der Waals surface area contributed by atoms with Gasteiger partial charge in [0.15, 0.2) is 5.82 Å². The molecule has 0 radical (unpaired) electrons. The highest BCUT2D eigenvalue weighted by molar-refractivity contribution is 6.30. The normalized spacial score (nSPS) is 14.2. The Labute approximate surface area is 169 Å². The quantitative estimate of drug-likeness (QED) is 0.716. The molecule has 3 aromatic rings. The number of rotatable bonds is 4. The second kappa shape index (κ2) is 7.94. The van der Waals surface area contributed by atoms with Crippen LogP contribution < -0.4 is 20.3 Å². The summed E-state index contributed by atoms with van der Waals surface area (Å²) in [6.07, 6.45) is 1.50. The Balaban J connectivity index is 1.47. The standard InChI is InChI=1S/C21H22ClN5O/c1-15-5-7-18(8-6-15)28-21-19(23)20(24-14-25-21)27-11-9-26(10-12-27)17-4-2-3-16(22)13-17/h2-8,13-14H,9-12,23H2,1H3. The van der Waals surface area contributed by atoms with E-state index in [0.717, 1.165) is 36.9 Å². The van der Waals surface area contributed by atoms with E-state index >= 15 is 0 Å². The van der Waals surface area contributed by atoms with Crippen molar-refractivity contribution >= 4 is 28.8 Å². The van der Waals surface area contributed by atoms with Crippen molar-refractivity contribution in [2.45, 2.75) is 6.92 Å². The molecule has 1 aliphatic heterocycles. The molecule has 0 saturated carbocycles. The van der Waals surface area contributed by atoms with Crippen molar-refractivity contribution in [3.05, 3.63) is 65.4 Å². The van der Waals surface area contributed by atoms with Gasteiger partial charge in [0, 0.05) is 36.9 Å². The second-order valence-electron chi connectivity index (χ2n) is 6.79. The van der Waals surface area contributed by atoms with Gasteiger partial charge in [-0.2, -0.15) is 4.98 Å². The van der Waals surface area contributed by atoms with Crippen LogP contribution in [0.3, 0.4) is 0 Å². The Morgan fingerprint density at radius 3 is 2.39 bits per heavy atom. The van der Waals surface area contributed by atoms with Crippen molar-refractivity contribution in [1.29, 1.82) is 0 Å². The van der Waals surface area contributed by atoms with Gasteiger partial charge in [0.1, 0.15) is 17.8 Å². The Morgan fingerprint density at radius 1 is 0.964 bits per heavy atom. The molecule has 1 aliphatic rings. The van der Waals surface area contributed by atoms with E-state index in [-0.39, 0.29) is 0 Å². The van der Waals surface area contributed by atoms with Crippen molar-refractivity contribution in [2.24, 2.45) is 0 Å². The molecule has 0 spiro atoms. The second-order valence-corrected chi connectivity index (χ2v) is 7.22. The number of anilines is 3. The average molecular weight is 396 g/mol. The number of halogens is 1. The van der Waals surface area contributed by atoms with Gasteiger partial charge in [-0.15, -0.1) is 0 Å². The molecule has 144 valence electrons. The van der Waals surface area contributed by atoms with E-state index in [0.29, 0.717) is 23.1 Å². The van der Waals surface area contributed by atoms with Crippen LogP contribution in [0.5, 0.6) is 11.6 Å². The number of nitrogens with zero attached hydrogens (tertiary/aromatic N) is 4. The molecule has 2 aromatic carbocycles. The fourth-order valence-corrected chi connectivity index (χ4v) is 3.46. The van der Waals surface area contributed by atoms with Crippen LogP contribution in [0, 0.1) is 6.92 Å². The first-order valence-electron chi connectivity index (χ1n) is 9.20. The Morgan fingerprint density at radius 2 is 1.68 bits per heavy atom. The van der Waals surface area contributed by atoms with Gasteiger partial charge >= 0.3 is 0 Å². The summed E-state index contributed by atoms with van der Waals surface area (Å²) < 4.78 is 5.87. The van der Waals surface area contributed by atoms with E-state index in [1.54, 1.807) is 0 Å². The van der Waals surface area contributed by atoms with E-state index in [1.165, 1.54) is 11.9 Å². The fourth-order valence-electron chi connectivity index (χ4n) is 3.27. The topological polar surface area (TPSA) is 67.5 Å². The number of aromatic nitrogens is 2. The fraction of sp³-hybridized carbons (Fsp3) is 0.238. The number of nitrogen functional groups attached to an aromatic ring is 1.